The Kier molecular flexibility index (Phi) is 6.01. The number of thiophene rings is 1. The number of hydrogen-bond donors (Lipinski definition) is 2. The van der Waals surface area contributed by atoms with E-state index in [1.807, 2.05) is 17.5 Å². The first-order chi connectivity index (χ1) is 13.1. The van der Waals surface area contributed by atoms with Crippen LogP contribution in [-0.2, 0) is 16.1 Å². The molecule has 0 aliphatic heterocycles. The van der Waals surface area contributed by atoms with Crippen LogP contribution in [0.25, 0.3) is 0 Å². The van der Waals surface area contributed by atoms with Gasteiger partial charge in [-0.15, -0.1) is 11.3 Å². The van der Waals surface area contributed by atoms with E-state index in [0.29, 0.717) is 6.54 Å². The predicted molar refractivity (Wildman–Crippen MR) is 99.6 cm³/mol. The average Bonchev–Trinajstić information content (AvgIpc) is 3.38. The lowest BCUT2D eigenvalue weighted by atomic mass is 10.1. The molecular formula is C19H16N2O5S. The third kappa shape index (κ3) is 5.05. The van der Waals surface area contributed by atoms with Crippen LogP contribution in [0.2, 0.25) is 0 Å². The molecular weight excluding hydrogens is 368 g/mol. The second kappa shape index (κ2) is 8.81. The lowest BCUT2D eigenvalue weighted by Gasteiger charge is -2.10. The number of carbonyl (C=O) groups excluding carboxylic acids is 3. The Morgan fingerprint density at radius 3 is 2.63 bits per heavy atom. The molecule has 1 aromatic carbocycles. The summed E-state index contributed by atoms with van der Waals surface area (Å²) in [5.74, 6) is -1.49. The first-order valence-corrected chi connectivity index (χ1v) is 8.91. The van der Waals surface area contributed by atoms with Crippen molar-refractivity contribution in [3.05, 3.63) is 76.4 Å². The first-order valence-electron chi connectivity index (χ1n) is 8.03. The largest absolute Gasteiger partial charge is 0.459 e. The molecule has 0 saturated carbocycles. The Balaban J connectivity index is 1.56. The Labute approximate surface area is 159 Å². The number of rotatable bonds is 7. The number of benzene rings is 1. The zero-order valence-corrected chi connectivity index (χ0v) is 15.0. The molecule has 2 heterocycles. The topological polar surface area (TPSA) is 97.6 Å². The number of ether oxygens (including phenoxy) is 1. The van der Waals surface area contributed by atoms with Crippen LogP contribution in [0.1, 0.15) is 25.8 Å². The maximum Gasteiger partial charge on any atom is 0.340 e. The number of nitrogens with one attached hydrogen (secondary N) is 2. The molecule has 8 heteroatoms. The van der Waals surface area contributed by atoms with Gasteiger partial charge in [0.25, 0.3) is 11.8 Å². The highest BCUT2D eigenvalue weighted by molar-refractivity contribution is 7.09. The number of para-hydroxylation sites is 1. The fourth-order valence-corrected chi connectivity index (χ4v) is 2.87. The van der Waals surface area contributed by atoms with Gasteiger partial charge < -0.3 is 19.8 Å². The van der Waals surface area contributed by atoms with Gasteiger partial charge in [-0.1, -0.05) is 18.2 Å². The Bertz CT molecular complexity index is 920. The minimum absolute atomic E-state index is 0.117. The van der Waals surface area contributed by atoms with Gasteiger partial charge in [0.05, 0.1) is 24.1 Å². The summed E-state index contributed by atoms with van der Waals surface area (Å²) in [6, 6.07) is 13.3. The molecule has 0 radical (unpaired) electrons. The van der Waals surface area contributed by atoms with Crippen LogP contribution in [0.5, 0.6) is 0 Å². The van der Waals surface area contributed by atoms with Crippen LogP contribution in [0.15, 0.2) is 64.6 Å². The molecule has 3 rings (SSSR count). The maximum atomic E-state index is 12.3. The first kappa shape index (κ1) is 18.4. The third-order valence-electron chi connectivity index (χ3n) is 3.51. The summed E-state index contributed by atoms with van der Waals surface area (Å²) >= 11 is 1.52. The highest BCUT2D eigenvalue weighted by Crippen LogP contribution is 2.17. The van der Waals surface area contributed by atoms with Crippen molar-refractivity contribution in [1.29, 1.82) is 0 Å². The van der Waals surface area contributed by atoms with Crippen molar-refractivity contribution in [3.8, 4) is 0 Å². The van der Waals surface area contributed by atoms with Crippen molar-refractivity contribution >= 4 is 34.8 Å². The summed E-state index contributed by atoms with van der Waals surface area (Å²) in [5.41, 5.74) is 0.409. The molecule has 0 atom stereocenters. The molecule has 0 unspecified atom stereocenters. The fraction of sp³-hybridized carbons (Fsp3) is 0.105. The van der Waals surface area contributed by atoms with Crippen LogP contribution in [0.4, 0.5) is 5.69 Å². The molecule has 27 heavy (non-hydrogen) atoms. The fourth-order valence-electron chi connectivity index (χ4n) is 2.22. The van der Waals surface area contributed by atoms with E-state index in [2.05, 4.69) is 10.6 Å². The summed E-state index contributed by atoms with van der Waals surface area (Å²) in [5, 5.41) is 7.17. The number of esters is 1. The van der Waals surface area contributed by atoms with Gasteiger partial charge in [-0.05, 0) is 35.7 Å². The Hall–Kier alpha value is -3.39. The molecule has 0 fully saturated rings. The van der Waals surface area contributed by atoms with E-state index in [-0.39, 0.29) is 17.0 Å². The average molecular weight is 384 g/mol. The maximum absolute atomic E-state index is 12.3. The van der Waals surface area contributed by atoms with Crippen LogP contribution < -0.4 is 10.6 Å². The van der Waals surface area contributed by atoms with E-state index in [9.17, 15) is 14.4 Å². The van der Waals surface area contributed by atoms with Crippen LogP contribution in [0, 0.1) is 0 Å². The van der Waals surface area contributed by atoms with Crippen molar-refractivity contribution < 1.29 is 23.5 Å². The summed E-state index contributed by atoms with van der Waals surface area (Å²) in [6.45, 7) is -0.0332. The second-order valence-electron chi connectivity index (χ2n) is 5.41. The van der Waals surface area contributed by atoms with Gasteiger partial charge in [0.15, 0.2) is 12.4 Å². The number of anilines is 1. The Morgan fingerprint density at radius 2 is 1.89 bits per heavy atom. The highest BCUT2D eigenvalue weighted by Gasteiger charge is 2.17. The zero-order chi connectivity index (χ0) is 19.1. The van der Waals surface area contributed by atoms with Crippen LogP contribution >= 0.6 is 11.3 Å². The molecule has 2 N–H and O–H groups in total. The van der Waals surface area contributed by atoms with Gasteiger partial charge >= 0.3 is 5.97 Å². The predicted octanol–water partition coefficient (Wildman–Crippen LogP) is 3.07. The Morgan fingerprint density at radius 1 is 1.04 bits per heavy atom. The van der Waals surface area contributed by atoms with Crippen molar-refractivity contribution in [2.45, 2.75) is 6.54 Å². The molecule has 2 aromatic heterocycles. The molecule has 2 amide bonds. The monoisotopic (exact) mass is 384 g/mol. The number of amides is 2. The van der Waals surface area contributed by atoms with E-state index in [1.165, 1.54) is 29.7 Å². The minimum atomic E-state index is -0.711. The summed E-state index contributed by atoms with van der Waals surface area (Å²) < 4.78 is 10.1. The van der Waals surface area contributed by atoms with E-state index >= 15 is 0 Å². The number of furan rings is 1. The summed E-state index contributed by atoms with van der Waals surface area (Å²) in [4.78, 5) is 37.2. The quantitative estimate of drug-likeness (QED) is 0.610. The normalized spacial score (nSPS) is 10.2. The molecule has 0 bridgehead atoms. The van der Waals surface area contributed by atoms with E-state index in [0.717, 1.165) is 4.88 Å². The van der Waals surface area contributed by atoms with E-state index in [4.69, 9.17) is 9.15 Å². The van der Waals surface area contributed by atoms with Crippen molar-refractivity contribution in [2.75, 3.05) is 11.9 Å². The molecule has 138 valence electrons. The number of carbonyl (C=O) groups is 3. The van der Waals surface area contributed by atoms with E-state index < -0.39 is 24.4 Å². The SMILES string of the molecule is O=C(COC(=O)c1ccccc1NC(=O)c1ccco1)NCc1cccs1. The summed E-state index contributed by atoms with van der Waals surface area (Å²) in [6.07, 6.45) is 1.38. The van der Waals surface area contributed by atoms with E-state index in [1.54, 1.807) is 24.3 Å². The molecule has 0 aliphatic rings. The third-order valence-corrected chi connectivity index (χ3v) is 4.39. The zero-order valence-electron chi connectivity index (χ0n) is 14.1. The van der Waals surface area contributed by atoms with Gasteiger partial charge in [-0.3, -0.25) is 9.59 Å². The lowest BCUT2D eigenvalue weighted by Crippen LogP contribution is -2.28. The van der Waals surface area contributed by atoms with Gasteiger partial charge in [-0.2, -0.15) is 0 Å². The summed E-state index contributed by atoms with van der Waals surface area (Å²) in [7, 11) is 0. The van der Waals surface area contributed by atoms with Crippen molar-refractivity contribution in [1.82, 2.24) is 5.32 Å². The van der Waals surface area contributed by atoms with Crippen LogP contribution in [-0.4, -0.2) is 24.4 Å². The lowest BCUT2D eigenvalue weighted by molar-refractivity contribution is -0.124. The molecule has 0 aliphatic carbocycles. The molecule has 0 spiro atoms. The van der Waals surface area contributed by atoms with Gasteiger partial charge in [0.1, 0.15) is 0 Å². The smallest absolute Gasteiger partial charge is 0.340 e. The van der Waals surface area contributed by atoms with Gasteiger partial charge in [0.2, 0.25) is 0 Å². The molecule has 3 aromatic rings. The van der Waals surface area contributed by atoms with Crippen LogP contribution in [0.3, 0.4) is 0 Å². The highest BCUT2D eigenvalue weighted by atomic mass is 32.1. The molecule has 0 saturated heterocycles. The van der Waals surface area contributed by atoms with Crippen molar-refractivity contribution in [3.63, 3.8) is 0 Å². The standard InChI is InChI=1S/C19H16N2O5S/c22-17(20-11-13-5-4-10-27-13)12-26-19(24)14-6-1-2-7-15(14)21-18(23)16-8-3-9-25-16/h1-10H,11-12H2,(H,20,22)(H,21,23). The van der Waals surface area contributed by atoms with Gasteiger partial charge in [0, 0.05) is 4.88 Å². The number of hydrogen-bond acceptors (Lipinski definition) is 6. The van der Waals surface area contributed by atoms with Gasteiger partial charge in [-0.25, -0.2) is 4.79 Å². The second-order valence-corrected chi connectivity index (χ2v) is 6.44. The van der Waals surface area contributed by atoms with Crippen molar-refractivity contribution in [2.24, 2.45) is 0 Å². The molecule has 7 nitrogen and oxygen atoms in total. The minimum Gasteiger partial charge on any atom is -0.459 e.